The van der Waals surface area contributed by atoms with Crippen molar-refractivity contribution >= 4 is 27.5 Å². The minimum absolute atomic E-state index is 0.0774. The molecule has 0 unspecified atom stereocenters. The smallest absolute Gasteiger partial charge is 0.292 e. The van der Waals surface area contributed by atoms with Crippen LogP contribution in [-0.2, 0) is 11.3 Å². The predicted octanol–water partition coefficient (Wildman–Crippen LogP) is 2.74. The summed E-state index contributed by atoms with van der Waals surface area (Å²) in [5.41, 5.74) is 0.729. The number of nitrogens with zero attached hydrogens (tertiary/aromatic N) is 2. The normalized spacial score (nSPS) is 16.5. The number of thiazole rings is 1. The third-order valence-corrected chi connectivity index (χ3v) is 4.93. The molecule has 0 N–H and O–H groups in total. The molecule has 1 aliphatic heterocycles. The van der Waals surface area contributed by atoms with Gasteiger partial charge in [0.15, 0.2) is 16.3 Å². The highest BCUT2D eigenvalue weighted by molar-refractivity contribution is 7.16. The van der Waals surface area contributed by atoms with Gasteiger partial charge in [-0.3, -0.25) is 4.79 Å². The molecular weight excluding hydrogens is 355 g/mol. The quantitative estimate of drug-likeness (QED) is 0.654. The number of terminal acetylenes is 1. The third-order valence-electron chi connectivity index (χ3n) is 3.88. The molecule has 0 bridgehead atoms. The molecule has 2 heterocycles. The van der Waals surface area contributed by atoms with Crippen molar-refractivity contribution in [1.82, 2.24) is 4.57 Å². The zero-order chi connectivity index (χ0) is 18.1. The van der Waals surface area contributed by atoms with Crippen molar-refractivity contribution in [3.8, 4) is 23.8 Å². The fraction of sp³-hybridized carbons (Fsp3) is 0.158. The summed E-state index contributed by atoms with van der Waals surface area (Å²) in [5, 5.41) is 0. The fourth-order valence-corrected chi connectivity index (χ4v) is 3.74. The predicted molar refractivity (Wildman–Crippen MR) is 95.5 cm³/mol. The van der Waals surface area contributed by atoms with Crippen molar-refractivity contribution < 1.29 is 18.7 Å². The van der Waals surface area contributed by atoms with Crippen molar-refractivity contribution in [2.24, 2.45) is 4.99 Å². The van der Waals surface area contributed by atoms with E-state index in [4.69, 9.17) is 15.9 Å². The van der Waals surface area contributed by atoms with Crippen LogP contribution in [0.1, 0.15) is 0 Å². The van der Waals surface area contributed by atoms with Crippen molar-refractivity contribution in [2.45, 2.75) is 12.6 Å². The van der Waals surface area contributed by atoms with Crippen molar-refractivity contribution in [1.29, 1.82) is 0 Å². The highest BCUT2D eigenvalue weighted by atomic mass is 32.1. The summed E-state index contributed by atoms with van der Waals surface area (Å²) in [6, 6.07) is 11.5. The molecule has 0 saturated heterocycles. The number of amides is 1. The Kier molecular flexibility index (Phi) is 4.19. The van der Waals surface area contributed by atoms with Crippen LogP contribution in [0.5, 0.6) is 11.5 Å². The van der Waals surface area contributed by atoms with Crippen molar-refractivity contribution in [2.75, 3.05) is 6.61 Å². The standard InChI is InChI=1S/C19H13FN2O3S/c1-2-9-22-13-8-7-12(20)10-17(13)26-19(22)21-18(23)16-11-24-14-5-3-4-6-15(14)25-16/h1,3-8,10,16H,9,11H2/t16-/m0/s1. The Labute approximate surface area is 152 Å². The number of rotatable bonds is 2. The number of carbonyl (C=O) groups is 1. The number of hydrogen-bond acceptors (Lipinski definition) is 4. The van der Waals surface area contributed by atoms with E-state index in [9.17, 15) is 9.18 Å². The number of aromatic nitrogens is 1. The van der Waals surface area contributed by atoms with Gasteiger partial charge in [0.1, 0.15) is 12.4 Å². The molecule has 1 amide bonds. The van der Waals surface area contributed by atoms with Gasteiger partial charge < -0.3 is 14.0 Å². The second kappa shape index (κ2) is 6.65. The SMILES string of the molecule is C#CCn1c(=NC(=O)[C@@H]2COc3ccccc3O2)sc2cc(F)ccc21. The average molecular weight is 368 g/mol. The van der Waals surface area contributed by atoms with Gasteiger partial charge in [-0.25, -0.2) is 4.39 Å². The molecule has 1 aliphatic rings. The van der Waals surface area contributed by atoms with Gasteiger partial charge in [-0.05, 0) is 30.3 Å². The Bertz CT molecular complexity index is 1110. The second-order valence-corrected chi connectivity index (χ2v) is 6.61. The molecule has 0 fully saturated rings. The van der Waals surface area contributed by atoms with Gasteiger partial charge in [0.25, 0.3) is 5.91 Å². The highest BCUT2D eigenvalue weighted by Gasteiger charge is 2.27. The molecule has 1 atom stereocenters. The molecule has 0 spiro atoms. The Morgan fingerprint density at radius 3 is 2.96 bits per heavy atom. The van der Waals surface area contributed by atoms with Crippen LogP contribution in [0.3, 0.4) is 0 Å². The molecule has 130 valence electrons. The number of ether oxygens (including phenoxy) is 2. The van der Waals surface area contributed by atoms with Gasteiger partial charge in [0.2, 0.25) is 6.10 Å². The van der Waals surface area contributed by atoms with Crippen LogP contribution in [0.2, 0.25) is 0 Å². The molecule has 1 aromatic heterocycles. The zero-order valence-electron chi connectivity index (χ0n) is 13.5. The zero-order valence-corrected chi connectivity index (χ0v) is 14.3. The summed E-state index contributed by atoms with van der Waals surface area (Å²) in [6.45, 7) is 0.302. The molecule has 5 nitrogen and oxygen atoms in total. The monoisotopic (exact) mass is 368 g/mol. The van der Waals surface area contributed by atoms with Crippen LogP contribution in [0.25, 0.3) is 10.2 Å². The number of para-hydroxylation sites is 2. The van der Waals surface area contributed by atoms with Gasteiger partial charge >= 0.3 is 0 Å². The van der Waals surface area contributed by atoms with E-state index in [2.05, 4.69) is 10.9 Å². The van der Waals surface area contributed by atoms with Crippen molar-refractivity contribution in [3.63, 3.8) is 0 Å². The van der Waals surface area contributed by atoms with E-state index in [1.807, 2.05) is 6.07 Å². The van der Waals surface area contributed by atoms with Gasteiger partial charge in [0, 0.05) is 0 Å². The largest absolute Gasteiger partial charge is 0.485 e. The first-order valence-electron chi connectivity index (χ1n) is 7.85. The molecule has 4 rings (SSSR count). The van der Waals surface area contributed by atoms with E-state index in [-0.39, 0.29) is 19.0 Å². The number of hydrogen-bond donors (Lipinski definition) is 0. The number of fused-ring (bicyclic) bond motifs is 2. The van der Waals surface area contributed by atoms with E-state index in [1.165, 1.54) is 23.5 Å². The summed E-state index contributed by atoms with van der Waals surface area (Å²) < 4.78 is 27.1. The number of carbonyl (C=O) groups excluding carboxylic acids is 1. The van der Waals surface area contributed by atoms with Crippen LogP contribution in [0, 0.1) is 18.2 Å². The molecule has 2 aromatic carbocycles. The Morgan fingerprint density at radius 1 is 1.35 bits per heavy atom. The maximum Gasteiger partial charge on any atom is 0.292 e. The Hall–Kier alpha value is -3.11. The maximum atomic E-state index is 13.5. The van der Waals surface area contributed by atoms with Gasteiger partial charge in [-0.1, -0.05) is 29.4 Å². The van der Waals surface area contributed by atoms with Gasteiger partial charge in [-0.2, -0.15) is 4.99 Å². The third kappa shape index (κ3) is 2.95. The average Bonchev–Trinajstić information content (AvgIpc) is 2.98. The summed E-state index contributed by atoms with van der Waals surface area (Å²) in [5.74, 6) is 2.80. The van der Waals surface area contributed by atoms with Crippen LogP contribution in [0.15, 0.2) is 47.5 Å². The molecule has 3 aromatic rings. The van der Waals surface area contributed by atoms with E-state index in [1.54, 1.807) is 28.8 Å². The highest BCUT2D eigenvalue weighted by Crippen LogP contribution is 2.31. The first-order valence-corrected chi connectivity index (χ1v) is 8.67. The summed E-state index contributed by atoms with van der Waals surface area (Å²) in [6.07, 6.45) is 4.58. The first kappa shape index (κ1) is 16.4. The van der Waals surface area contributed by atoms with Gasteiger partial charge in [-0.15, -0.1) is 6.42 Å². The van der Waals surface area contributed by atoms with Crippen LogP contribution in [-0.4, -0.2) is 23.2 Å². The lowest BCUT2D eigenvalue weighted by molar-refractivity contribution is -0.127. The molecule has 0 saturated carbocycles. The van der Waals surface area contributed by atoms with E-state index in [0.717, 1.165) is 5.52 Å². The maximum absolute atomic E-state index is 13.5. The summed E-state index contributed by atoms with van der Waals surface area (Å²) >= 11 is 1.20. The molecule has 7 heteroatoms. The molecule has 0 aliphatic carbocycles. The number of halogens is 1. The summed E-state index contributed by atoms with van der Waals surface area (Å²) in [4.78, 5) is 17.1. The Morgan fingerprint density at radius 2 is 2.15 bits per heavy atom. The number of benzene rings is 2. The van der Waals surface area contributed by atoms with Gasteiger partial charge in [0.05, 0.1) is 16.8 Å². The second-order valence-electron chi connectivity index (χ2n) is 5.60. The Balaban J connectivity index is 1.71. The molecule has 26 heavy (non-hydrogen) atoms. The lowest BCUT2D eigenvalue weighted by atomic mass is 10.2. The molecule has 0 radical (unpaired) electrons. The van der Waals surface area contributed by atoms with Crippen LogP contribution < -0.4 is 14.3 Å². The van der Waals surface area contributed by atoms with E-state index >= 15 is 0 Å². The van der Waals surface area contributed by atoms with E-state index in [0.29, 0.717) is 21.0 Å². The minimum Gasteiger partial charge on any atom is -0.485 e. The van der Waals surface area contributed by atoms with Crippen LogP contribution in [0.4, 0.5) is 4.39 Å². The fourth-order valence-electron chi connectivity index (χ4n) is 2.68. The lowest BCUT2D eigenvalue weighted by Crippen LogP contribution is -2.36. The molecular formula is C19H13FN2O3S. The topological polar surface area (TPSA) is 52.8 Å². The lowest BCUT2D eigenvalue weighted by Gasteiger charge is -2.23. The summed E-state index contributed by atoms with van der Waals surface area (Å²) in [7, 11) is 0. The van der Waals surface area contributed by atoms with E-state index < -0.39 is 12.0 Å². The van der Waals surface area contributed by atoms with Crippen molar-refractivity contribution in [3.05, 3.63) is 53.1 Å². The van der Waals surface area contributed by atoms with Crippen LogP contribution >= 0.6 is 11.3 Å². The minimum atomic E-state index is -0.842. The first-order chi connectivity index (χ1) is 12.7.